The van der Waals surface area contributed by atoms with Gasteiger partial charge in [0.25, 0.3) is 0 Å². The smallest absolute Gasteiger partial charge is 0.0203 e. The SMILES string of the molecule is C/C(=C/C=C(\C)c1ccccc1)C1CCCCC1. The van der Waals surface area contributed by atoms with Crippen LogP contribution in [0.5, 0.6) is 0 Å². The largest absolute Gasteiger partial charge is 0.0702 e. The van der Waals surface area contributed by atoms with E-state index in [1.807, 2.05) is 0 Å². The van der Waals surface area contributed by atoms with Crippen molar-refractivity contribution in [1.82, 2.24) is 0 Å². The number of rotatable bonds is 3. The van der Waals surface area contributed by atoms with E-state index in [0.717, 1.165) is 5.92 Å². The highest BCUT2D eigenvalue weighted by Gasteiger charge is 2.13. The van der Waals surface area contributed by atoms with Crippen LogP contribution in [0.3, 0.4) is 0 Å². The van der Waals surface area contributed by atoms with Gasteiger partial charge in [-0.05, 0) is 43.7 Å². The Kier molecular flexibility index (Phi) is 4.81. The van der Waals surface area contributed by atoms with Gasteiger partial charge in [-0.1, -0.05) is 67.3 Å². The average Bonchev–Trinajstić information content (AvgIpc) is 2.46. The van der Waals surface area contributed by atoms with Gasteiger partial charge >= 0.3 is 0 Å². The molecule has 1 fully saturated rings. The molecule has 18 heavy (non-hydrogen) atoms. The third-order valence-electron chi connectivity index (χ3n) is 4.07. The van der Waals surface area contributed by atoms with Crippen LogP contribution in [0.4, 0.5) is 0 Å². The van der Waals surface area contributed by atoms with Crippen molar-refractivity contribution < 1.29 is 0 Å². The van der Waals surface area contributed by atoms with Crippen LogP contribution in [-0.2, 0) is 0 Å². The quantitative estimate of drug-likeness (QED) is 0.602. The Morgan fingerprint density at radius 2 is 1.61 bits per heavy atom. The summed E-state index contributed by atoms with van der Waals surface area (Å²) in [6.07, 6.45) is 11.6. The van der Waals surface area contributed by atoms with E-state index < -0.39 is 0 Å². The minimum Gasteiger partial charge on any atom is -0.0702 e. The van der Waals surface area contributed by atoms with Crippen LogP contribution in [0.1, 0.15) is 51.5 Å². The van der Waals surface area contributed by atoms with Crippen molar-refractivity contribution in [2.24, 2.45) is 5.92 Å². The fourth-order valence-corrected chi connectivity index (χ4v) is 2.75. The molecule has 0 unspecified atom stereocenters. The van der Waals surface area contributed by atoms with E-state index in [4.69, 9.17) is 0 Å². The summed E-state index contributed by atoms with van der Waals surface area (Å²) < 4.78 is 0. The van der Waals surface area contributed by atoms with Gasteiger partial charge in [0, 0.05) is 0 Å². The van der Waals surface area contributed by atoms with Crippen molar-refractivity contribution in [3.8, 4) is 0 Å². The lowest BCUT2D eigenvalue weighted by Gasteiger charge is -2.22. The molecule has 0 aliphatic heterocycles. The molecule has 0 N–H and O–H groups in total. The maximum atomic E-state index is 2.33. The number of hydrogen-bond acceptors (Lipinski definition) is 0. The molecule has 0 heteroatoms. The highest BCUT2D eigenvalue weighted by Crippen LogP contribution is 2.29. The average molecular weight is 240 g/mol. The molecule has 0 aromatic heterocycles. The van der Waals surface area contributed by atoms with E-state index in [1.165, 1.54) is 43.2 Å². The van der Waals surface area contributed by atoms with Crippen LogP contribution in [0, 0.1) is 5.92 Å². The third kappa shape index (κ3) is 3.60. The van der Waals surface area contributed by atoms with Crippen LogP contribution in [-0.4, -0.2) is 0 Å². The first-order chi connectivity index (χ1) is 8.77. The second kappa shape index (κ2) is 6.58. The predicted octanol–water partition coefficient (Wildman–Crippen LogP) is 5.62. The standard InChI is InChI=1S/C18H24/c1-15(17-9-5-3-6-10-17)13-14-16(2)18-11-7-4-8-12-18/h3,5-6,9-10,13-14,18H,4,7-8,11-12H2,1-2H3/b15-13+,16-14-. The molecule has 1 aromatic carbocycles. The molecule has 1 aliphatic carbocycles. The first kappa shape index (κ1) is 13.1. The summed E-state index contributed by atoms with van der Waals surface area (Å²) in [7, 11) is 0. The fraction of sp³-hybridized carbons (Fsp3) is 0.444. The molecular weight excluding hydrogens is 216 g/mol. The Bertz CT molecular complexity index is 417. The highest BCUT2D eigenvalue weighted by molar-refractivity contribution is 5.65. The third-order valence-corrected chi connectivity index (χ3v) is 4.07. The Morgan fingerprint density at radius 3 is 2.28 bits per heavy atom. The van der Waals surface area contributed by atoms with E-state index in [9.17, 15) is 0 Å². The minimum atomic E-state index is 0.832. The number of benzene rings is 1. The van der Waals surface area contributed by atoms with Crippen LogP contribution in [0.2, 0.25) is 0 Å². The summed E-state index contributed by atoms with van der Waals surface area (Å²) in [6, 6.07) is 10.6. The van der Waals surface area contributed by atoms with Crippen LogP contribution in [0.15, 0.2) is 48.1 Å². The van der Waals surface area contributed by atoms with Crippen molar-refractivity contribution in [2.75, 3.05) is 0 Å². The molecule has 0 bridgehead atoms. The topological polar surface area (TPSA) is 0 Å². The molecule has 96 valence electrons. The van der Waals surface area contributed by atoms with E-state index >= 15 is 0 Å². The lowest BCUT2D eigenvalue weighted by atomic mass is 9.84. The van der Waals surface area contributed by atoms with Crippen molar-refractivity contribution in [3.63, 3.8) is 0 Å². The Labute approximate surface area is 111 Å². The van der Waals surface area contributed by atoms with Gasteiger partial charge in [0.05, 0.1) is 0 Å². The van der Waals surface area contributed by atoms with E-state index in [2.05, 4.69) is 56.3 Å². The zero-order valence-corrected chi connectivity index (χ0v) is 11.7. The van der Waals surface area contributed by atoms with Crippen molar-refractivity contribution in [1.29, 1.82) is 0 Å². The molecule has 1 saturated carbocycles. The number of hydrogen-bond donors (Lipinski definition) is 0. The molecule has 0 saturated heterocycles. The van der Waals surface area contributed by atoms with Crippen LogP contribution in [0.25, 0.3) is 5.57 Å². The van der Waals surface area contributed by atoms with Crippen LogP contribution >= 0.6 is 0 Å². The lowest BCUT2D eigenvalue weighted by Crippen LogP contribution is -2.06. The second-order valence-electron chi connectivity index (χ2n) is 5.46. The van der Waals surface area contributed by atoms with Crippen LogP contribution < -0.4 is 0 Å². The fourth-order valence-electron chi connectivity index (χ4n) is 2.75. The van der Waals surface area contributed by atoms with Gasteiger partial charge in [-0.2, -0.15) is 0 Å². The summed E-state index contributed by atoms with van der Waals surface area (Å²) in [6.45, 7) is 4.49. The van der Waals surface area contributed by atoms with Gasteiger partial charge in [-0.3, -0.25) is 0 Å². The summed E-state index contributed by atoms with van der Waals surface area (Å²) in [5.74, 6) is 0.832. The predicted molar refractivity (Wildman–Crippen MR) is 80.4 cm³/mol. The molecule has 2 rings (SSSR count). The van der Waals surface area contributed by atoms with E-state index in [-0.39, 0.29) is 0 Å². The molecule has 0 heterocycles. The molecular formula is C18H24. The minimum absolute atomic E-state index is 0.832. The summed E-state index contributed by atoms with van der Waals surface area (Å²) in [5.41, 5.74) is 4.24. The lowest BCUT2D eigenvalue weighted by molar-refractivity contribution is 0.403. The maximum absolute atomic E-state index is 2.33. The zero-order valence-electron chi connectivity index (χ0n) is 11.7. The van der Waals surface area contributed by atoms with Gasteiger partial charge < -0.3 is 0 Å². The Morgan fingerprint density at radius 1 is 0.944 bits per heavy atom. The molecule has 0 radical (unpaired) electrons. The Hall–Kier alpha value is -1.30. The second-order valence-corrected chi connectivity index (χ2v) is 5.46. The van der Waals surface area contributed by atoms with Gasteiger partial charge in [-0.25, -0.2) is 0 Å². The normalized spacial score (nSPS) is 19.0. The zero-order chi connectivity index (χ0) is 12.8. The summed E-state index contributed by atoms with van der Waals surface area (Å²) in [4.78, 5) is 0. The van der Waals surface area contributed by atoms with Gasteiger partial charge in [0.2, 0.25) is 0 Å². The number of allylic oxidation sites excluding steroid dienone is 4. The van der Waals surface area contributed by atoms with E-state index in [1.54, 1.807) is 5.57 Å². The van der Waals surface area contributed by atoms with Crippen molar-refractivity contribution >= 4 is 5.57 Å². The van der Waals surface area contributed by atoms with Gasteiger partial charge in [0.15, 0.2) is 0 Å². The summed E-state index contributed by atoms with van der Waals surface area (Å²) in [5, 5.41) is 0. The molecule has 0 spiro atoms. The van der Waals surface area contributed by atoms with Crippen molar-refractivity contribution in [3.05, 3.63) is 53.6 Å². The molecule has 0 nitrogen and oxygen atoms in total. The first-order valence-corrected chi connectivity index (χ1v) is 7.18. The molecule has 0 amide bonds. The van der Waals surface area contributed by atoms with Crippen molar-refractivity contribution in [2.45, 2.75) is 46.0 Å². The Balaban J connectivity index is 2.04. The molecule has 0 atom stereocenters. The van der Waals surface area contributed by atoms with Gasteiger partial charge in [0.1, 0.15) is 0 Å². The molecule has 1 aromatic rings. The molecule has 1 aliphatic rings. The monoisotopic (exact) mass is 240 g/mol. The van der Waals surface area contributed by atoms with E-state index in [0.29, 0.717) is 0 Å². The maximum Gasteiger partial charge on any atom is -0.0203 e. The first-order valence-electron chi connectivity index (χ1n) is 7.18. The van der Waals surface area contributed by atoms with Gasteiger partial charge in [-0.15, -0.1) is 0 Å². The highest BCUT2D eigenvalue weighted by atomic mass is 14.2. The summed E-state index contributed by atoms with van der Waals surface area (Å²) >= 11 is 0.